The molecule has 0 atom stereocenters. The van der Waals surface area contributed by atoms with E-state index in [1.807, 2.05) is 5.32 Å². The van der Waals surface area contributed by atoms with Crippen molar-refractivity contribution in [2.24, 2.45) is 0 Å². The van der Waals surface area contributed by atoms with Crippen molar-refractivity contribution in [1.82, 2.24) is 5.32 Å². The molecule has 0 rings (SSSR count). The van der Waals surface area contributed by atoms with E-state index in [9.17, 15) is 18.0 Å². The molecule has 5 heteroatoms. The van der Waals surface area contributed by atoms with Crippen LogP contribution in [0.1, 0.15) is 12.8 Å². The molecule has 0 heterocycles. The molecule has 0 aliphatic rings. The van der Waals surface area contributed by atoms with Crippen LogP contribution in [0.4, 0.5) is 13.2 Å². The highest BCUT2D eigenvalue weighted by molar-refractivity contribution is 5.46. The van der Waals surface area contributed by atoms with Crippen molar-refractivity contribution in [3.05, 3.63) is 0 Å². The van der Waals surface area contributed by atoms with E-state index in [1.54, 1.807) is 0 Å². The SMILES string of the molecule is O=[C]NCCCC(F)(F)F. The van der Waals surface area contributed by atoms with E-state index < -0.39 is 12.6 Å². The first-order valence-electron chi connectivity index (χ1n) is 2.73. The summed E-state index contributed by atoms with van der Waals surface area (Å²) in [6.45, 7) is 0.0308. The Morgan fingerprint density at radius 3 is 2.40 bits per heavy atom. The Labute approximate surface area is 56.4 Å². The van der Waals surface area contributed by atoms with Gasteiger partial charge in [-0.15, -0.1) is 0 Å². The molecule has 0 saturated carbocycles. The van der Waals surface area contributed by atoms with Crippen LogP contribution in [-0.2, 0) is 4.79 Å². The molecule has 1 N–H and O–H groups in total. The maximum Gasteiger partial charge on any atom is 0.389 e. The first-order valence-corrected chi connectivity index (χ1v) is 2.73. The van der Waals surface area contributed by atoms with Crippen LogP contribution in [0.2, 0.25) is 0 Å². The smallest absolute Gasteiger partial charge is 0.348 e. The van der Waals surface area contributed by atoms with Gasteiger partial charge in [0.05, 0.1) is 0 Å². The molecule has 0 aliphatic carbocycles. The lowest BCUT2D eigenvalue weighted by Crippen LogP contribution is -2.16. The number of alkyl halides is 3. The minimum absolute atomic E-state index is 0.0308. The maximum absolute atomic E-state index is 11.4. The molecule has 59 valence electrons. The van der Waals surface area contributed by atoms with Crippen molar-refractivity contribution in [2.45, 2.75) is 19.0 Å². The summed E-state index contributed by atoms with van der Waals surface area (Å²) < 4.78 is 34.1. The van der Waals surface area contributed by atoms with Gasteiger partial charge in [-0.1, -0.05) is 0 Å². The molecule has 0 aromatic rings. The van der Waals surface area contributed by atoms with E-state index in [1.165, 1.54) is 6.41 Å². The summed E-state index contributed by atoms with van der Waals surface area (Å²) in [5.74, 6) is 0. The van der Waals surface area contributed by atoms with Gasteiger partial charge in [-0.2, -0.15) is 13.2 Å². The van der Waals surface area contributed by atoms with Crippen molar-refractivity contribution in [1.29, 1.82) is 0 Å². The fourth-order valence-electron chi connectivity index (χ4n) is 0.428. The van der Waals surface area contributed by atoms with Gasteiger partial charge in [0.25, 0.3) is 0 Å². The van der Waals surface area contributed by atoms with Crippen molar-refractivity contribution in [3.8, 4) is 0 Å². The molecule has 0 aliphatic heterocycles. The summed E-state index contributed by atoms with van der Waals surface area (Å²) in [5, 5.41) is 2.02. The van der Waals surface area contributed by atoms with Crippen LogP contribution in [0.15, 0.2) is 0 Å². The van der Waals surface area contributed by atoms with Gasteiger partial charge >= 0.3 is 12.6 Å². The monoisotopic (exact) mass is 154 g/mol. The summed E-state index contributed by atoms with van der Waals surface area (Å²) in [7, 11) is 0. The van der Waals surface area contributed by atoms with Gasteiger partial charge in [-0.3, -0.25) is 4.79 Å². The van der Waals surface area contributed by atoms with E-state index in [-0.39, 0.29) is 13.0 Å². The largest absolute Gasteiger partial charge is 0.389 e. The zero-order valence-corrected chi connectivity index (χ0v) is 5.16. The van der Waals surface area contributed by atoms with Gasteiger partial charge in [-0.25, -0.2) is 0 Å². The number of amides is 1. The van der Waals surface area contributed by atoms with Crippen LogP contribution in [0, 0.1) is 0 Å². The third-order valence-electron chi connectivity index (χ3n) is 0.834. The lowest BCUT2D eigenvalue weighted by atomic mass is 10.3. The Morgan fingerprint density at radius 1 is 1.40 bits per heavy atom. The Bertz CT molecular complexity index is 102. The second kappa shape index (κ2) is 4.14. The molecule has 2 nitrogen and oxygen atoms in total. The van der Waals surface area contributed by atoms with Gasteiger partial charge in [0, 0.05) is 13.0 Å². The summed E-state index contributed by atoms with van der Waals surface area (Å²) >= 11 is 0. The molecule has 1 amide bonds. The highest BCUT2D eigenvalue weighted by Gasteiger charge is 2.25. The molecule has 0 aromatic heterocycles. The van der Waals surface area contributed by atoms with Gasteiger partial charge in [0.15, 0.2) is 0 Å². The highest BCUT2D eigenvalue weighted by atomic mass is 19.4. The number of hydrogen-bond donors (Lipinski definition) is 1. The molecule has 0 saturated heterocycles. The van der Waals surface area contributed by atoms with E-state index >= 15 is 0 Å². The molecule has 0 bridgehead atoms. The fraction of sp³-hybridized carbons (Fsp3) is 0.800. The minimum Gasteiger partial charge on any atom is -0.348 e. The quantitative estimate of drug-likeness (QED) is 0.474. The molecular formula is C5H7F3NO. The number of hydrogen-bond acceptors (Lipinski definition) is 1. The first-order chi connectivity index (χ1) is 4.56. The number of rotatable bonds is 4. The average Bonchev–Trinajstić information content (AvgIpc) is 1.78. The van der Waals surface area contributed by atoms with Crippen LogP contribution >= 0.6 is 0 Å². The molecule has 0 unspecified atom stereocenters. The highest BCUT2D eigenvalue weighted by Crippen LogP contribution is 2.20. The van der Waals surface area contributed by atoms with E-state index in [2.05, 4.69) is 0 Å². The third kappa shape index (κ3) is 7.26. The first kappa shape index (κ1) is 9.26. The van der Waals surface area contributed by atoms with Crippen LogP contribution in [0.3, 0.4) is 0 Å². The predicted molar refractivity (Wildman–Crippen MR) is 29.0 cm³/mol. The summed E-state index contributed by atoms with van der Waals surface area (Å²) in [4.78, 5) is 9.41. The molecule has 10 heavy (non-hydrogen) atoms. The van der Waals surface area contributed by atoms with Crippen molar-refractivity contribution in [3.63, 3.8) is 0 Å². The van der Waals surface area contributed by atoms with Crippen molar-refractivity contribution in [2.75, 3.05) is 6.54 Å². The Kier molecular flexibility index (Phi) is 3.83. The van der Waals surface area contributed by atoms with Gasteiger partial charge in [-0.05, 0) is 6.42 Å². The minimum atomic E-state index is -4.12. The Morgan fingerprint density at radius 2 is 2.00 bits per heavy atom. The predicted octanol–water partition coefficient (Wildman–Crippen LogP) is 0.986. The number of carbonyl (C=O) groups excluding carboxylic acids is 1. The zero-order chi connectivity index (χ0) is 8.04. The molecule has 0 spiro atoms. The summed E-state index contributed by atoms with van der Waals surface area (Å²) in [6, 6.07) is 0. The molecule has 0 aromatic carbocycles. The second-order valence-corrected chi connectivity index (χ2v) is 1.75. The maximum atomic E-state index is 11.4. The standard InChI is InChI=1S/C5H7F3NO/c6-5(7,8)2-1-3-9-4-10/h1-3H2,(H,9,10). The summed E-state index contributed by atoms with van der Waals surface area (Å²) in [5.41, 5.74) is 0. The van der Waals surface area contributed by atoms with Gasteiger partial charge < -0.3 is 5.32 Å². The Hall–Kier alpha value is -0.740. The van der Waals surface area contributed by atoms with Crippen LogP contribution in [0.25, 0.3) is 0 Å². The zero-order valence-electron chi connectivity index (χ0n) is 5.16. The molecule has 1 radical (unpaired) electrons. The van der Waals surface area contributed by atoms with Gasteiger partial charge in [0.1, 0.15) is 0 Å². The van der Waals surface area contributed by atoms with Crippen molar-refractivity contribution >= 4 is 6.41 Å². The van der Waals surface area contributed by atoms with Crippen LogP contribution in [0.5, 0.6) is 0 Å². The lowest BCUT2D eigenvalue weighted by Gasteiger charge is -2.03. The van der Waals surface area contributed by atoms with Crippen LogP contribution < -0.4 is 5.32 Å². The van der Waals surface area contributed by atoms with E-state index in [0.29, 0.717) is 0 Å². The topological polar surface area (TPSA) is 29.1 Å². The average molecular weight is 154 g/mol. The number of nitrogens with one attached hydrogen (secondary N) is 1. The molecule has 0 fully saturated rings. The van der Waals surface area contributed by atoms with E-state index in [4.69, 9.17) is 0 Å². The lowest BCUT2D eigenvalue weighted by molar-refractivity contribution is -0.135. The normalized spacial score (nSPS) is 11.1. The molecular weight excluding hydrogens is 147 g/mol. The van der Waals surface area contributed by atoms with Crippen LogP contribution in [-0.4, -0.2) is 19.1 Å². The fourth-order valence-corrected chi connectivity index (χ4v) is 0.428. The van der Waals surface area contributed by atoms with E-state index in [0.717, 1.165) is 0 Å². The summed E-state index contributed by atoms with van der Waals surface area (Å²) in [6.07, 6.45) is -3.78. The number of halogens is 3. The Balaban J connectivity index is 3.12. The third-order valence-corrected chi connectivity index (χ3v) is 0.834. The van der Waals surface area contributed by atoms with Crippen molar-refractivity contribution < 1.29 is 18.0 Å². The van der Waals surface area contributed by atoms with Gasteiger partial charge in [0.2, 0.25) is 0 Å². The second-order valence-electron chi connectivity index (χ2n) is 1.75.